The number of carbonyl (C=O) groups excluding carboxylic acids is 1. The number of hydrogen-bond donors (Lipinski definition) is 1. The Balaban J connectivity index is 1.55. The maximum Gasteiger partial charge on any atom is 0.257 e. The van der Waals surface area contributed by atoms with Gasteiger partial charge in [-0.05, 0) is 45.7 Å². The molecule has 6 heteroatoms. The van der Waals surface area contributed by atoms with Gasteiger partial charge in [-0.25, -0.2) is 9.50 Å². The number of fused-ring (bicyclic) bond motifs is 3. The lowest BCUT2D eigenvalue weighted by molar-refractivity contribution is 0.0463. The predicted molar refractivity (Wildman–Crippen MR) is 87.4 cm³/mol. The van der Waals surface area contributed by atoms with Crippen LogP contribution in [0, 0.1) is 6.92 Å². The van der Waals surface area contributed by atoms with Crippen LogP contribution in [0.25, 0.3) is 5.65 Å². The third kappa shape index (κ3) is 2.51. The average molecular weight is 313 g/mol. The number of piperidine rings is 2. The molecule has 2 aromatic rings. The second kappa shape index (κ2) is 5.60. The van der Waals surface area contributed by atoms with E-state index in [0.29, 0.717) is 23.3 Å². The molecule has 3 atom stereocenters. The van der Waals surface area contributed by atoms with Gasteiger partial charge in [0.25, 0.3) is 5.91 Å². The summed E-state index contributed by atoms with van der Waals surface area (Å²) in [5.74, 6) is -0.0381. The van der Waals surface area contributed by atoms with Crippen LogP contribution in [0.4, 0.5) is 0 Å². The highest BCUT2D eigenvalue weighted by Gasteiger charge is 2.36. The number of carbonyl (C=O) groups is 1. The Labute approximate surface area is 135 Å². The number of rotatable bonds is 2. The first kappa shape index (κ1) is 14.6. The van der Waals surface area contributed by atoms with Gasteiger partial charge in [0.2, 0.25) is 0 Å². The van der Waals surface area contributed by atoms with Gasteiger partial charge >= 0.3 is 0 Å². The highest BCUT2D eigenvalue weighted by Crippen LogP contribution is 2.32. The van der Waals surface area contributed by atoms with E-state index in [9.17, 15) is 4.79 Å². The minimum absolute atomic E-state index is 0.0381. The summed E-state index contributed by atoms with van der Waals surface area (Å²) in [6.45, 7) is 1.87. The van der Waals surface area contributed by atoms with E-state index in [1.807, 2.05) is 19.2 Å². The molecule has 0 spiro atoms. The van der Waals surface area contributed by atoms with E-state index in [1.165, 1.54) is 19.3 Å². The van der Waals surface area contributed by atoms with E-state index in [-0.39, 0.29) is 11.9 Å². The molecule has 1 unspecified atom stereocenters. The van der Waals surface area contributed by atoms with Crippen molar-refractivity contribution in [2.24, 2.45) is 0 Å². The van der Waals surface area contributed by atoms with Crippen molar-refractivity contribution in [1.29, 1.82) is 0 Å². The van der Waals surface area contributed by atoms with Crippen molar-refractivity contribution in [2.45, 2.75) is 57.2 Å². The van der Waals surface area contributed by atoms with Gasteiger partial charge in [-0.2, -0.15) is 5.10 Å². The van der Waals surface area contributed by atoms with Gasteiger partial charge in [-0.1, -0.05) is 6.42 Å². The molecule has 122 valence electrons. The maximum atomic E-state index is 12.8. The molecule has 0 aromatic carbocycles. The van der Waals surface area contributed by atoms with Crippen LogP contribution in [0.3, 0.4) is 0 Å². The molecular formula is C17H23N5O. The number of hydrogen-bond acceptors (Lipinski definition) is 4. The largest absolute Gasteiger partial charge is 0.349 e. The van der Waals surface area contributed by atoms with Crippen molar-refractivity contribution >= 4 is 11.6 Å². The molecule has 2 aliphatic rings. The summed E-state index contributed by atoms with van der Waals surface area (Å²) in [7, 11) is 2.23. The first-order chi connectivity index (χ1) is 11.1. The number of nitrogens with one attached hydrogen (secondary N) is 1. The lowest BCUT2D eigenvalue weighted by atomic mass is 9.82. The van der Waals surface area contributed by atoms with Gasteiger partial charge in [-0.3, -0.25) is 4.79 Å². The van der Waals surface area contributed by atoms with Crippen LogP contribution in [0.2, 0.25) is 0 Å². The van der Waals surface area contributed by atoms with Crippen molar-refractivity contribution in [2.75, 3.05) is 7.05 Å². The van der Waals surface area contributed by atoms with Crippen molar-refractivity contribution in [3.05, 3.63) is 29.7 Å². The topological polar surface area (TPSA) is 62.5 Å². The van der Waals surface area contributed by atoms with Gasteiger partial charge < -0.3 is 10.2 Å². The number of aryl methyl sites for hydroxylation is 1. The fourth-order valence-corrected chi connectivity index (χ4v) is 4.25. The number of aromatic nitrogens is 3. The second-order valence-electron chi connectivity index (χ2n) is 6.89. The van der Waals surface area contributed by atoms with Crippen molar-refractivity contribution in [3.8, 4) is 0 Å². The minimum Gasteiger partial charge on any atom is -0.349 e. The first-order valence-electron chi connectivity index (χ1n) is 8.46. The van der Waals surface area contributed by atoms with E-state index in [2.05, 4.69) is 27.3 Å². The SMILES string of the molecule is Cc1nn2cccnc2c1C(=O)NC1C[C@H]2CCC[C@@H](C1)N2C. The zero-order valence-electron chi connectivity index (χ0n) is 13.7. The molecule has 2 aliphatic heterocycles. The van der Waals surface area contributed by atoms with E-state index in [4.69, 9.17) is 0 Å². The van der Waals surface area contributed by atoms with Gasteiger partial charge in [0.1, 0.15) is 5.56 Å². The number of nitrogens with zero attached hydrogens (tertiary/aromatic N) is 4. The normalized spacial score (nSPS) is 28.0. The van der Waals surface area contributed by atoms with Crippen LogP contribution in [-0.4, -0.2) is 50.6 Å². The van der Waals surface area contributed by atoms with Gasteiger partial charge in [0, 0.05) is 30.5 Å². The average Bonchev–Trinajstić information content (AvgIpc) is 2.84. The van der Waals surface area contributed by atoms with Crippen molar-refractivity contribution in [3.63, 3.8) is 0 Å². The zero-order valence-corrected chi connectivity index (χ0v) is 13.7. The maximum absolute atomic E-state index is 12.8. The van der Waals surface area contributed by atoms with E-state index < -0.39 is 0 Å². The zero-order chi connectivity index (χ0) is 16.0. The van der Waals surface area contributed by atoms with Crippen LogP contribution < -0.4 is 5.32 Å². The van der Waals surface area contributed by atoms with E-state index in [1.54, 1.807) is 10.7 Å². The molecule has 4 heterocycles. The molecule has 6 nitrogen and oxygen atoms in total. The summed E-state index contributed by atoms with van der Waals surface area (Å²) < 4.78 is 1.67. The highest BCUT2D eigenvalue weighted by molar-refractivity contribution is 6.01. The molecule has 1 amide bonds. The Kier molecular flexibility index (Phi) is 3.56. The first-order valence-corrected chi connectivity index (χ1v) is 8.46. The molecular weight excluding hydrogens is 290 g/mol. The minimum atomic E-state index is -0.0381. The molecule has 0 saturated carbocycles. The van der Waals surface area contributed by atoms with Crippen LogP contribution >= 0.6 is 0 Å². The smallest absolute Gasteiger partial charge is 0.257 e. The molecule has 4 rings (SSSR count). The van der Waals surface area contributed by atoms with Crippen molar-refractivity contribution in [1.82, 2.24) is 24.8 Å². The van der Waals surface area contributed by atoms with Gasteiger partial charge in [0.15, 0.2) is 5.65 Å². The lowest BCUT2D eigenvalue weighted by Gasteiger charge is -2.47. The molecule has 0 radical (unpaired) electrons. The van der Waals surface area contributed by atoms with E-state index in [0.717, 1.165) is 18.5 Å². The second-order valence-corrected chi connectivity index (χ2v) is 6.89. The monoisotopic (exact) mass is 313 g/mol. The Morgan fingerprint density at radius 1 is 1.30 bits per heavy atom. The molecule has 23 heavy (non-hydrogen) atoms. The molecule has 1 N–H and O–H groups in total. The molecule has 2 fully saturated rings. The Bertz CT molecular complexity index is 726. The lowest BCUT2D eigenvalue weighted by Crippen LogP contribution is -2.55. The molecule has 2 saturated heterocycles. The summed E-state index contributed by atoms with van der Waals surface area (Å²) in [6, 6.07) is 3.29. The molecule has 0 aliphatic carbocycles. The van der Waals surface area contributed by atoms with Crippen LogP contribution in [-0.2, 0) is 0 Å². The van der Waals surface area contributed by atoms with Gasteiger partial charge in [0.05, 0.1) is 5.69 Å². The Morgan fingerprint density at radius 3 is 2.78 bits per heavy atom. The summed E-state index contributed by atoms with van der Waals surface area (Å²) >= 11 is 0. The van der Waals surface area contributed by atoms with Gasteiger partial charge in [-0.15, -0.1) is 0 Å². The third-order valence-electron chi connectivity index (χ3n) is 5.47. The fourth-order valence-electron chi connectivity index (χ4n) is 4.25. The summed E-state index contributed by atoms with van der Waals surface area (Å²) in [5.41, 5.74) is 1.97. The number of amides is 1. The Morgan fingerprint density at radius 2 is 2.04 bits per heavy atom. The molecule has 2 bridgehead atoms. The summed E-state index contributed by atoms with van der Waals surface area (Å²) in [5, 5.41) is 7.63. The third-order valence-corrected chi connectivity index (χ3v) is 5.47. The standard InChI is InChI=1S/C17H23N5O/c1-11-15(16-18-7-4-8-22(16)20-11)17(23)19-12-9-13-5-3-6-14(10-12)21(13)2/h4,7-8,12-14H,3,5-6,9-10H2,1-2H3,(H,19,23)/t12?,13-,14+. The highest BCUT2D eigenvalue weighted by atomic mass is 16.1. The Hall–Kier alpha value is -1.95. The predicted octanol–water partition coefficient (Wildman–Crippen LogP) is 1.78. The van der Waals surface area contributed by atoms with E-state index >= 15 is 0 Å². The summed E-state index contributed by atoms with van der Waals surface area (Å²) in [6.07, 6.45) is 9.43. The van der Waals surface area contributed by atoms with Crippen LogP contribution in [0.15, 0.2) is 18.5 Å². The fraction of sp³-hybridized carbons (Fsp3) is 0.588. The summed E-state index contributed by atoms with van der Waals surface area (Å²) in [4.78, 5) is 19.6. The van der Waals surface area contributed by atoms with Crippen molar-refractivity contribution < 1.29 is 4.79 Å². The quantitative estimate of drug-likeness (QED) is 0.918. The molecule has 2 aromatic heterocycles. The van der Waals surface area contributed by atoms with Crippen LogP contribution in [0.5, 0.6) is 0 Å². The van der Waals surface area contributed by atoms with Crippen LogP contribution in [0.1, 0.15) is 48.2 Å².